The summed E-state index contributed by atoms with van der Waals surface area (Å²) >= 11 is 6.46. The normalized spacial score (nSPS) is 16.2. The first-order valence-electron chi connectivity index (χ1n) is 8.43. The summed E-state index contributed by atoms with van der Waals surface area (Å²) in [5.74, 6) is -0.200. The molecule has 1 aliphatic rings. The number of benzene rings is 1. The van der Waals surface area contributed by atoms with Crippen molar-refractivity contribution >= 4 is 46.3 Å². The number of thioether (sulfide) groups is 1. The summed E-state index contributed by atoms with van der Waals surface area (Å²) in [6.07, 6.45) is 3.58. The average Bonchev–Trinajstić information content (AvgIpc) is 2.83. The standard InChI is InChI=1S/C19H23NO3S2/c1-4-5-10-23-17(21)12-20-18(22)16(25-19(20)24)11-14-6-8-15(9-7-14)13(2)3/h6-9,11,13H,4-5,10,12H2,1-3H3/b16-11-. The van der Waals surface area contributed by atoms with Crippen molar-refractivity contribution in [2.45, 2.75) is 39.5 Å². The lowest BCUT2D eigenvalue weighted by Gasteiger charge is -2.13. The minimum atomic E-state index is -0.424. The predicted octanol–water partition coefficient (Wildman–Crippen LogP) is 4.35. The first kappa shape index (κ1) is 19.7. The highest BCUT2D eigenvalue weighted by Crippen LogP contribution is 2.32. The van der Waals surface area contributed by atoms with E-state index in [2.05, 4.69) is 26.0 Å². The van der Waals surface area contributed by atoms with Crippen LogP contribution in [0.25, 0.3) is 6.08 Å². The zero-order chi connectivity index (χ0) is 18.4. The van der Waals surface area contributed by atoms with Crippen LogP contribution < -0.4 is 0 Å². The maximum absolute atomic E-state index is 12.5. The predicted molar refractivity (Wildman–Crippen MR) is 106 cm³/mol. The zero-order valence-corrected chi connectivity index (χ0v) is 16.4. The van der Waals surface area contributed by atoms with Crippen molar-refractivity contribution in [1.82, 2.24) is 4.90 Å². The van der Waals surface area contributed by atoms with Gasteiger partial charge in [-0.25, -0.2) is 0 Å². The molecule has 0 N–H and O–H groups in total. The fraction of sp³-hybridized carbons (Fsp3) is 0.421. The van der Waals surface area contributed by atoms with Gasteiger partial charge in [0.1, 0.15) is 10.9 Å². The van der Waals surface area contributed by atoms with E-state index in [9.17, 15) is 9.59 Å². The number of esters is 1. The lowest BCUT2D eigenvalue weighted by Crippen LogP contribution is -2.34. The largest absolute Gasteiger partial charge is 0.464 e. The Morgan fingerprint density at radius 1 is 1.32 bits per heavy atom. The summed E-state index contributed by atoms with van der Waals surface area (Å²) in [6, 6.07) is 8.09. The van der Waals surface area contributed by atoms with E-state index in [-0.39, 0.29) is 12.5 Å². The molecule has 0 radical (unpaired) electrons. The van der Waals surface area contributed by atoms with E-state index in [0.717, 1.165) is 18.4 Å². The number of carbonyl (C=O) groups is 2. The van der Waals surface area contributed by atoms with E-state index >= 15 is 0 Å². The van der Waals surface area contributed by atoms with Crippen LogP contribution in [0.15, 0.2) is 29.2 Å². The molecule has 0 unspecified atom stereocenters. The lowest BCUT2D eigenvalue weighted by molar-refractivity contribution is -0.146. The highest BCUT2D eigenvalue weighted by molar-refractivity contribution is 8.26. The third-order valence-electron chi connectivity index (χ3n) is 3.82. The maximum Gasteiger partial charge on any atom is 0.326 e. The molecule has 2 rings (SSSR count). The molecule has 4 nitrogen and oxygen atoms in total. The van der Waals surface area contributed by atoms with Gasteiger partial charge in [0.15, 0.2) is 0 Å². The summed E-state index contributed by atoms with van der Waals surface area (Å²) in [5, 5.41) is 0. The van der Waals surface area contributed by atoms with Crippen molar-refractivity contribution in [3.8, 4) is 0 Å². The molecule has 134 valence electrons. The van der Waals surface area contributed by atoms with Gasteiger partial charge in [0.25, 0.3) is 5.91 Å². The van der Waals surface area contributed by atoms with Crippen LogP contribution >= 0.6 is 24.0 Å². The lowest BCUT2D eigenvalue weighted by atomic mass is 10.0. The van der Waals surface area contributed by atoms with Gasteiger partial charge in [-0.3, -0.25) is 14.5 Å². The third-order valence-corrected chi connectivity index (χ3v) is 5.20. The van der Waals surface area contributed by atoms with Crippen molar-refractivity contribution in [3.05, 3.63) is 40.3 Å². The molecular weight excluding hydrogens is 354 g/mol. The molecule has 0 spiro atoms. The van der Waals surface area contributed by atoms with Gasteiger partial charge in [0.2, 0.25) is 0 Å². The average molecular weight is 378 g/mol. The molecule has 0 bridgehead atoms. The van der Waals surface area contributed by atoms with Crippen LogP contribution in [0.1, 0.15) is 50.7 Å². The highest BCUT2D eigenvalue weighted by Gasteiger charge is 2.33. The van der Waals surface area contributed by atoms with E-state index < -0.39 is 5.97 Å². The van der Waals surface area contributed by atoms with Gasteiger partial charge in [0, 0.05) is 0 Å². The third kappa shape index (κ3) is 5.41. The van der Waals surface area contributed by atoms with Crippen LogP contribution in [-0.4, -0.2) is 34.2 Å². The SMILES string of the molecule is CCCCOC(=O)CN1C(=O)/C(=C/c2ccc(C(C)C)cc2)SC1=S. The summed E-state index contributed by atoms with van der Waals surface area (Å²) in [6.45, 7) is 6.55. The number of nitrogens with zero attached hydrogens (tertiary/aromatic N) is 1. The second-order valence-corrected chi connectivity index (χ2v) is 7.84. The zero-order valence-electron chi connectivity index (χ0n) is 14.8. The fourth-order valence-corrected chi connectivity index (χ4v) is 3.52. The van der Waals surface area contributed by atoms with Crippen LogP contribution in [0.4, 0.5) is 0 Å². The van der Waals surface area contributed by atoms with Crippen molar-refractivity contribution in [2.75, 3.05) is 13.2 Å². The number of rotatable bonds is 7. The Hall–Kier alpha value is -1.66. The van der Waals surface area contributed by atoms with Crippen LogP contribution in [-0.2, 0) is 14.3 Å². The first-order valence-corrected chi connectivity index (χ1v) is 9.65. The van der Waals surface area contributed by atoms with E-state index in [0.29, 0.717) is 21.8 Å². The molecule has 0 aliphatic carbocycles. The Bertz CT molecular complexity index is 680. The van der Waals surface area contributed by atoms with Crippen LogP contribution in [0.2, 0.25) is 0 Å². The molecule has 1 aromatic rings. The summed E-state index contributed by atoms with van der Waals surface area (Å²) in [7, 11) is 0. The number of carbonyl (C=O) groups excluding carboxylic acids is 2. The number of ether oxygens (including phenoxy) is 1. The van der Waals surface area contributed by atoms with Crippen molar-refractivity contribution in [1.29, 1.82) is 0 Å². The molecule has 0 atom stereocenters. The van der Waals surface area contributed by atoms with E-state index in [4.69, 9.17) is 17.0 Å². The Labute approximate surface area is 158 Å². The Morgan fingerprint density at radius 2 is 2.00 bits per heavy atom. The van der Waals surface area contributed by atoms with Gasteiger partial charge in [-0.1, -0.05) is 75.4 Å². The Balaban J connectivity index is 2.03. The van der Waals surface area contributed by atoms with Gasteiger partial charge < -0.3 is 4.74 Å². The second kappa shape index (κ2) is 9.15. The van der Waals surface area contributed by atoms with Crippen molar-refractivity contribution in [3.63, 3.8) is 0 Å². The minimum Gasteiger partial charge on any atom is -0.464 e. The molecule has 0 aromatic heterocycles. The summed E-state index contributed by atoms with van der Waals surface area (Å²) in [5.41, 5.74) is 2.19. The summed E-state index contributed by atoms with van der Waals surface area (Å²) in [4.78, 5) is 26.2. The van der Waals surface area contributed by atoms with Crippen LogP contribution in [0.3, 0.4) is 0 Å². The molecular formula is C19H23NO3S2. The molecule has 1 fully saturated rings. The Kier molecular flexibility index (Phi) is 7.20. The quantitative estimate of drug-likeness (QED) is 0.306. The number of amides is 1. The van der Waals surface area contributed by atoms with Gasteiger partial charge in [0.05, 0.1) is 11.5 Å². The minimum absolute atomic E-state index is 0.127. The topological polar surface area (TPSA) is 46.6 Å². The van der Waals surface area contributed by atoms with Gasteiger partial charge in [-0.15, -0.1) is 0 Å². The molecule has 6 heteroatoms. The maximum atomic E-state index is 12.5. The molecule has 1 aromatic carbocycles. The van der Waals surface area contributed by atoms with Gasteiger partial charge in [-0.2, -0.15) is 0 Å². The number of hydrogen-bond acceptors (Lipinski definition) is 5. The molecule has 25 heavy (non-hydrogen) atoms. The molecule has 0 saturated carbocycles. The van der Waals surface area contributed by atoms with E-state index in [1.165, 1.54) is 22.2 Å². The fourth-order valence-electron chi connectivity index (χ4n) is 2.27. The highest BCUT2D eigenvalue weighted by atomic mass is 32.2. The van der Waals surface area contributed by atoms with Gasteiger partial charge >= 0.3 is 5.97 Å². The number of thiocarbonyl (C=S) groups is 1. The van der Waals surface area contributed by atoms with Gasteiger partial charge in [-0.05, 0) is 29.5 Å². The molecule has 1 amide bonds. The number of hydrogen-bond donors (Lipinski definition) is 0. The smallest absolute Gasteiger partial charge is 0.326 e. The monoisotopic (exact) mass is 377 g/mol. The van der Waals surface area contributed by atoms with Crippen molar-refractivity contribution in [2.24, 2.45) is 0 Å². The van der Waals surface area contributed by atoms with E-state index in [1.54, 1.807) is 0 Å². The van der Waals surface area contributed by atoms with E-state index in [1.807, 2.05) is 25.1 Å². The second-order valence-electron chi connectivity index (χ2n) is 6.16. The molecule has 1 aliphatic heterocycles. The van der Waals surface area contributed by atoms with Crippen LogP contribution in [0, 0.1) is 0 Å². The number of unbranched alkanes of at least 4 members (excludes halogenated alkanes) is 1. The first-order chi connectivity index (χ1) is 11.9. The molecule has 1 saturated heterocycles. The Morgan fingerprint density at radius 3 is 2.60 bits per heavy atom. The van der Waals surface area contributed by atoms with Crippen LogP contribution in [0.5, 0.6) is 0 Å². The summed E-state index contributed by atoms with van der Waals surface area (Å²) < 4.78 is 5.50. The van der Waals surface area contributed by atoms with Crippen molar-refractivity contribution < 1.29 is 14.3 Å². The molecule has 1 heterocycles.